The molecule has 0 radical (unpaired) electrons. The molecule has 1 fully saturated rings. The van der Waals surface area contributed by atoms with Crippen LogP contribution < -0.4 is 0 Å². The summed E-state index contributed by atoms with van der Waals surface area (Å²) in [4.78, 5) is 26.4. The Labute approximate surface area is 141 Å². The van der Waals surface area contributed by atoms with Crippen molar-refractivity contribution in [3.63, 3.8) is 0 Å². The highest BCUT2D eigenvalue weighted by Gasteiger charge is 2.28. The summed E-state index contributed by atoms with van der Waals surface area (Å²) in [6.07, 6.45) is 1.08. The van der Waals surface area contributed by atoms with Gasteiger partial charge in [0.2, 0.25) is 0 Å². The van der Waals surface area contributed by atoms with Crippen LogP contribution in [0.3, 0.4) is 0 Å². The van der Waals surface area contributed by atoms with Crippen molar-refractivity contribution in [2.75, 3.05) is 13.1 Å². The minimum Gasteiger partial charge on any atom is -0.448 e. The summed E-state index contributed by atoms with van der Waals surface area (Å²) in [5, 5.41) is 0.833. The fourth-order valence-electron chi connectivity index (χ4n) is 2.63. The first-order chi connectivity index (χ1) is 11.0. The second-order valence-corrected chi connectivity index (χ2v) is 6.90. The Morgan fingerprint density at radius 3 is 2.74 bits per heavy atom. The van der Waals surface area contributed by atoms with Gasteiger partial charge in [-0.1, -0.05) is 11.6 Å². The third-order valence-corrected chi connectivity index (χ3v) is 5.46. The summed E-state index contributed by atoms with van der Waals surface area (Å²) in [7, 11) is 0. The molecule has 0 unspecified atom stereocenters. The number of nitrogens with zero attached hydrogens (tertiary/aromatic N) is 1. The molecule has 23 heavy (non-hydrogen) atoms. The average Bonchev–Trinajstić information content (AvgIpc) is 3.14. The van der Waals surface area contributed by atoms with Crippen LogP contribution in [0.15, 0.2) is 18.2 Å². The van der Waals surface area contributed by atoms with E-state index in [1.54, 1.807) is 11.8 Å². The normalized spacial score (nSPS) is 15.9. The molecule has 0 N–H and O–H groups in total. The third kappa shape index (κ3) is 3.19. The first-order valence-electron chi connectivity index (χ1n) is 7.34. The smallest absolute Gasteiger partial charge is 0.350 e. The van der Waals surface area contributed by atoms with Gasteiger partial charge in [0, 0.05) is 23.2 Å². The average molecular weight is 356 g/mol. The maximum absolute atomic E-state index is 13.3. The van der Waals surface area contributed by atoms with Crippen LogP contribution in [0.5, 0.6) is 0 Å². The van der Waals surface area contributed by atoms with Crippen molar-refractivity contribution in [1.29, 1.82) is 0 Å². The predicted molar refractivity (Wildman–Crippen MR) is 87.5 cm³/mol. The van der Waals surface area contributed by atoms with Crippen molar-refractivity contribution < 1.29 is 18.7 Å². The molecule has 1 aliphatic rings. The quantitative estimate of drug-likeness (QED) is 0.785. The maximum Gasteiger partial charge on any atom is 0.350 e. The third-order valence-electron chi connectivity index (χ3n) is 3.83. The molecule has 3 rings (SSSR count). The Morgan fingerprint density at radius 2 is 2.04 bits per heavy atom. The van der Waals surface area contributed by atoms with Gasteiger partial charge in [0.1, 0.15) is 10.7 Å². The number of esters is 1. The van der Waals surface area contributed by atoms with E-state index < -0.39 is 17.9 Å². The SMILES string of the molecule is C[C@H](OC(=O)c1sc2cc(F)ccc2c1Cl)C(=O)N1CCCC1. The number of halogens is 2. The molecular weight excluding hydrogens is 341 g/mol. The number of ether oxygens (including phenoxy) is 1. The van der Waals surface area contributed by atoms with Crippen molar-refractivity contribution in [2.24, 2.45) is 0 Å². The molecule has 1 saturated heterocycles. The lowest BCUT2D eigenvalue weighted by atomic mass is 10.2. The lowest BCUT2D eigenvalue weighted by Gasteiger charge is -2.20. The predicted octanol–water partition coefficient (Wildman–Crippen LogP) is 3.86. The Morgan fingerprint density at radius 1 is 1.35 bits per heavy atom. The lowest BCUT2D eigenvalue weighted by molar-refractivity contribution is -0.138. The van der Waals surface area contributed by atoms with Gasteiger partial charge >= 0.3 is 5.97 Å². The molecular formula is C16H15ClFNO3S. The molecule has 122 valence electrons. The van der Waals surface area contributed by atoms with Crippen molar-refractivity contribution in [3.05, 3.63) is 33.9 Å². The molecule has 0 bridgehead atoms. The van der Waals surface area contributed by atoms with Gasteiger partial charge in [-0.2, -0.15) is 0 Å². The number of carbonyl (C=O) groups excluding carboxylic acids is 2. The zero-order chi connectivity index (χ0) is 16.6. The van der Waals surface area contributed by atoms with Gasteiger partial charge < -0.3 is 9.64 Å². The summed E-state index contributed by atoms with van der Waals surface area (Å²) in [6.45, 7) is 2.95. The van der Waals surface area contributed by atoms with Crippen molar-refractivity contribution in [1.82, 2.24) is 4.90 Å². The van der Waals surface area contributed by atoms with Gasteiger partial charge in [-0.15, -0.1) is 11.3 Å². The van der Waals surface area contributed by atoms with E-state index in [1.165, 1.54) is 18.2 Å². The number of thiophene rings is 1. The van der Waals surface area contributed by atoms with Crippen LogP contribution in [-0.4, -0.2) is 36.0 Å². The second kappa shape index (κ2) is 6.45. The molecule has 1 aromatic carbocycles. The highest BCUT2D eigenvalue weighted by molar-refractivity contribution is 7.21. The summed E-state index contributed by atoms with van der Waals surface area (Å²) >= 11 is 7.25. The molecule has 4 nitrogen and oxygen atoms in total. The molecule has 1 aliphatic heterocycles. The van der Waals surface area contributed by atoms with Crippen LogP contribution in [0.1, 0.15) is 29.4 Å². The van der Waals surface area contributed by atoms with Crippen molar-refractivity contribution in [3.8, 4) is 0 Å². The number of hydrogen-bond donors (Lipinski definition) is 0. The van der Waals surface area contributed by atoms with E-state index in [4.69, 9.17) is 16.3 Å². The van der Waals surface area contributed by atoms with Crippen LogP contribution in [0.4, 0.5) is 4.39 Å². The minimum atomic E-state index is -0.862. The first kappa shape index (κ1) is 16.2. The standard InChI is InChI=1S/C16H15ClFNO3S/c1-9(15(20)19-6-2-3-7-19)22-16(21)14-13(17)11-5-4-10(18)8-12(11)23-14/h4-5,8-9H,2-3,6-7H2,1H3/t9-/m0/s1. The molecule has 2 aromatic rings. The van der Waals surface area contributed by atoms with Gasteiger partial charge in [-0.25, -0.2) is 9.18 Å². The van der Waals surface area contributed by atoms with Gasteiger partial charge in [0.25, 0.3) is 5.91 Å². The highest BCUT2D eigenvalue weighted by atomic mass is 35.5. The fraction of sp³-hybridized carbons (Fsp3) is 0.375. The van der Waals surface area contributed by atoms with Crippen molar-refractivity contribution in [2.45, 2.75) is 25.9 Å². The molecule has 1 amide bonds. The summed E-state index contributed by atoms with van der Waals surface area (Å²) in [6, 6.07) is 4.14. The van der Waals surface area contributed by atoms with Gasteiger partial charge in [-0.05, 0) is 38.0 Å². The first-order valence-corrected chi connectivity index (χ1v) is 8.54. The fourth-order valence-corrected chi connectivity index (χ4v) is 4.05. The zero-order valence-corrected chi connectivity index (χ0v) is 14.0. The Hall–Kier alpha value is -1.66. The van der Waals surface area contributed by atoms with Crippen LogP contribution in [0.25, 0.3) is 10.1 Å². The van der Waals surface area contributed by atoms with E-state index in [1.807, 2.05) is 0 Å². The van der Waals surface area contributed by atoms with Gasteiger partial charge in [0.15, 0.2) is 6.10 Å². The molecule has 0 spiro atoms. The molecule has 7 heteroatoms. The second-order valence-electron chi connectivity index (χ2n) is 5.47. The Kier molecular flexibility index (Phi) is 4.55. The zero-order valence-electron chi connectivity index (χ0n) is 12.5. The number of amides is 1. The molecule has 0 aliphatic carbocycles. The van der Waals surface area contributed by atoms with Crippen LogP contribution in [-0.2, 0) is 9.53 Å². The molecule has 1 aromatic heterocycles. The van der Waals surface area contributed by atoms with E-state index in [2.05, 4.69) is 0 Å². The van der Waals surface area contributed by atoms with E-state index in [0.717, 1.165) is 24.2 Å². The lowest BCUT2D eigenvalue weighted by Crippen LogP contribution is -2.38. The monoisotopic (exact) mass is 355 g/mol. The molecule has 0 saturated carbocycles. The van der Waals surface area contributed by atoms with Crippen LogP contribution in [0.2, 0.25) is 5.02 Å². The van der Waals surface area contributed by atoms with Crippen molar-refractivity contribution >= 4 is 44.9 Å². The van der Waals surface area contributed by atoms with Crippen LogP contribution >= 0.6 is 22.9 Å². The van der Waals surface area contributed by atoms with E-state index in [9.17, 15) is 14.0 Å². The van der Waals surface area contributed by atoms with E-state index >= 15 is 0 Å². The number of rotatable bonds is 3. The van der Waals surface area contributed by atoms with Crippen LogP contribution in [0, 0.1) is 5.82 Å². The van der Waals surface area contributed by atoms with Gasteiger partial charge in [-0.3, -0.25) is 4.79 Å². The maximum atomic E-state index is 13.3. The topological polar surface area (TPSA) is 46.6 Å². The largest absolute Gasteiger partial charge is 0.448 e. The number of hydrogen-bond acceptors (Lipinski definition) is 4. The number of fused-ring (bicyclic) bond motifs is 1. The van der Waals surface area contributed by atoms with E-state index in [-0.39, 0.29) is 15.8 Å². The van der Waals surface area contributed by atoms with Gasteiger partial charge in [0.05, 0.1) is 5.02 Å². The highest BCUT2D eigenvalue weighted by Crippen LogP contribution is 2.36. The molecule has 2 heterocycles. The summed E-state index contributed by atoms with van der Waals surface area (Å²) < 4.78 is 19.1. The number of carbonyl (C=O) groups is 2. The summed E-state index contributed by atoms with van der Waals surface area (Å²) in [5.74, 6) is -1.25. The number of likely N-dealkylation sites (tertiary alicyclic amines) is 1. The summed E-state index contributed by atoms with van der Waals surface area (Å²) in [5.41, 5.74) is 0. The van der Waals surface area contributed by atoms with E-state index in [0.29, 0.717) is 23.2 Å². The molecule has 1 atom stereocenters. The Bertz CT molecular complexity index is 770. The number of benzene rings is 1. The Balaban J connectivity index is 1.77. The minimum absolute atomic E-state index is 0.188.